The minimum atomic E-state index is -0.138. The van der Waals surface area contributed by atoms with E-state index in [9.17, 15) is 4.79 Å². The second-order valence-corrected chi connectivity index (χ2v) is 4.69. The zero-order chi connectivity index (χ0) is 14.9. The van der Waals surface area contributed by atoms with Gasteiger partial charge in [0.15, 0.2) is 0 Å². The molecule has 0 aliphatic carbocycles. The summed E-state index contributed by atoms with van der Waals surface area (Å²) in [5.41, 5.74) is 0. The molecule has 5 nitrogen and oxygen atoms in total. The number of aliphatic hydroxyl groups is 1. The summed E-state index contributed by atoms with van der Waals surface area (Å²) < 4.78 is 15.3. The number of carbonyl (C=O) groups excluding carboxylic acids is 1. The Morgan fingerprint density at radius 2 is 1.45 bits per heavy atom. The van der Waals surface area contributed by atoms with Crippen molar-refractivity contribution in [1.82, 2.24) is 0 Å². The second-order valence-electron chi connectivity index (χ2n) is 4.69. The van der Waals surface area contributed by atoms with Crippen LogP contribution < -0.4 is 0 Å². The van der Waals surface area contributed by atoms with Crippen molar-refractivity contribution in [2.24, 2.45) is 0 Å². The highest BCUT2D eigenvalue weighted by Crippen LogP contribution is 2.07. The Bertz CT molecular complexity index is 208. The van der Waals surface area contributed by atoms with Crippen molar-refractivity contribution < 1.29 is 24.1 Å². The van der Waals surface area contributed by atoms with Crippen LogP contribution in [0.1, 0.15) is 51.9 Å². The van der Waals surface area contributed by atoms with Gasteiger partial charge < -0.3 is 19.3 Å². The molecule has 0 saturated heterocycles. The molecule has 1 N–H and O–H groups in total. The molecule has 0 aliphatic rings. The van der Waals surface area contributed by atoms with E-state index < -0.39 is 0 Å². The van der Waals surface area contributed by atoms with Gasteiger partial charge in [0, 0.05) is 6.42 Å². The van der Waals surface area contributed by atoms with Gasteiger partial charge in [-0.2, -0.15) is 0 Å². The van der Waals surface area contributed by atoms with Gasteiger partial charge in [0.1, 0.15) is 6.61 Å². The summed E-state index contributed by atoms with van der Waals surface area (Å²) in [5.74, 6) is -0.138. The van der Waals surface area contributed by atoms with Crippen LogP contribution in [0.3, 0.4) is 0 Å². The Hall–Kier alpha value is -0.650. The summed E-state index contributed by atoms with van der Waals surface area (Å²) in [7, 11) is 0. The minimum absolute atomic E-state index is 0.0239. The topological polar surface area (TPSA) is 65.0 Å². The molecule has 0 amide bonds. The second kappa shape index (κ2) is 16.4. The molecule has 5 heteroatoms. The van der Waals surface area contributed by atoms with Crippen LogP contribution in [0.25, 0.3) is 0 Å². The molecule has 0 radical (unpaired) electrons. The molecular weight excluding hydrogens is 260 g/mol. The average molecular weight is 290 g/mol. The van der Waals surface area contributed by atoms with E-state index in [1.165, 1.54) is 25.7 Å². The van der Waals surface area contributed by atoms with Crippen LogP contribution in [0.15, 0.2) is 0 Å². The van der Waals surface area contributed by atoms with E-state index in [1.54, 1.807) is 0 Å². The number of aliphatic hydroxyl groups excluding tert-OH is 1. The van der Waals surface area contributed by atoms with Crippen molar-refractivity contribution in [2.75, 3.05) is 39.6 Å². The SMILES string of the molecule is CCCCCCCCC(=O)OCCOCCOCCO. The van der Waals surface area contributed by atoms with Gasteiger partial charge >= 0.3 is 5.97 Å². The fraction of sp³-hybridized carbons (Fsp3) is 0.933. The Kier molecular flexibility index (Phi) is 15.9. The molecule has 20 heavy (non-hydrogen) atoms. The third kappa shape index (κ3) is 15.4. The molecule has 0 atom stereocenters. The predicted molar refractivity (Wildman–Crippen MR) is 77.7 cm³/mol. The molecule has 0 bridgehead atoms. The smallest absolute Gasteiger partial charge is 0.305 e. The van der Waals surface area contributed by atoms with Crippen LogP contribution >= 0.6 is 0 Å². The zero-order valence-electron chi connectivity index (χ0n) is 12.8. The van der Waals surface area contributed by atoms with Gasteiger partial charge in [-0.3, -0.25) is 4.79 Å². The first-order valence-electron chi connectivity index (χ1n) is 7.73. The van der Waals surface area contributed by atoms with E-state index in [2.05, 4.69) is 6.92 Å². The number of esters is 1. The quantitative estimate of drug-likeness (QED) is 0.370. The lowest BCUT2D eigenvalue weighted by Gasteiger charge is -2.06. The molecule has 0 aromatic heterocycles. The summed E-state index contributed by atoms with van der Waals surface area (Å²) in [6.07, 6.45) is 7.52. The monoisotopic (exact) mass is 290 g/mol. The molecule has 0 aromatic carbocycles. The summed E-state index contributed by atoms with van der Waals surface area (Å²) >= 11 is 0. The third-order valence-electron chi connectivity index (χ3n) is 2.83. The van der Waals surface area contributed by atoms with Gasteiger partial charge in [-0.25, -0.2) is 0 Å². The molecule has 0 aliphatic heterocycles. The van der Waals surface area contributed by atoms with Gasteiger partial charge in [0.25, 0.3) is 0 Å². The van der Waals surface area contributed by atoms with E-state index in [0.717, 1.165) is 12.8 Å². The predicted octanol–water partition coefficient (Wildman–Crippen LogP) is 2.31. The Morgan fingerprint density at radius 1 is 0.850 bits per heavy atom. The number of ether oxygens (including phenoxy) is 3. The largest absolute Gasteiger partial charge is 0.463 e. The van der Waals surface area contributed by atoms with Gasteiger partial charge in [0.2, 0.25) is 0 Å². The van der Waals surface area contributed by atoms with Crippen molar-refractivity contribution >= 4 is 5.97 Å². The van der Waals surface area contributed by atoms with Crippen LogP contribution in [0.2, 0.25) is 0 Å². The Balaban J connectivity index is 3.12. The maximum Gasteiger partial charge on any atom is 0.305 e. The lowest BCUT2D eigenvalue weighted by atomic mass is 10.1. The number of hydrogen-bond donors (Lipinski definition) is 1. The zero-order valence-corrected chi connectivity index (χ0v) is 12.8. The van der Waals surface area contributed by atoms with E-state index in [0.29, 0.717) is 39.5 Å². The number of rotatable bonds is 15. The van der Waals surface area contributed by atoms with E-state index in [-0.39, 0.29) is 12.6 Å². The van der Waals surface area contributed by atoms with Crippen molar-refractivity contribution in [3.05, 3.63) is 0 Å². The fourth-order valence-electron chi connectivity index (χ4n) is 1.72. The van der Waals surface area contributed by atoms with Gasteiger partial charge in [0.05, 0.1) is 33.0 Å². The van der Waals surface area contributed by atoms with Crippen LogP contribution in [-0.4, -0.2) is 50.7 Å². The maximum atomic E-state index is 11.4. The highest BCUT2D eigenvalue weighted by atomic mass is 16.6. The normalized spacial score (nSPS) is 10.7. The molecule has 0 saturated carbocycles. The lowest BCUT2D eigenvalue weighted by molar-refractivity contribution is -0.145. The highest BCUT2D eigenvalue weighted by Gasteiger charge is 2.02. The van der Waals surface area contributed by atoms with Crippen molar-refractivity contribution in [3.63, 3.8) is 0 Å². The minimum Gasteiger partial charge on any atom is -0.463 e. The molecule has 0 rings (SSSR count). The van der Waals surface area contributed by atoms with Crippen molar-refractivity contribution in [2.45, 2.75) is 51.9 Å². The standard InChI is InChI=1S/C15H30O5/c1-2-3-4-5-6-7-8-15(17)20-14-13-19-12-11-18-10-9-16/h16H,2-14H2,1H3. The third-order valence-corrected chi connectivity index (χ3v) is 2.83. The van der Waals surface area contributed by atoms with Crippen LogP contribution in [-0.2, 0) is 19.0 Å². The Labute approximate surface area is 122 Å². The lowest BCUT2D eigenvalue weighted by Crippen LogP contribution is -2.13. The summed E-state index contributed by atoms with van der Waals surface area (Å²) in [5, 5.41) is 8.48. The fourth-order valence-corrected chi connectivity index (χ4v) is 1.72. The van der Waals surface area contributed by atoms with Crippen molar-refractivity contribution in [1.29, 1.82) is 0 Å². The first-order chi connectivity index (χ1) is 9.81. The molecular formula is C15H30O5. The molecule has 0 spiro atoms. The first-order valence-corrected chi connectivity index (χ1v) is 7.73. The summed E-state index contributed by atoms with van der Waals surface area (Å²) in [4.78, 5) is 11.4. The molecule has 0 unspecified atom stereocenters. The Morgan fingerprint density at radius 3 is 2.15 bits per heavy atom. The number of hydrogen-bond acceptors (Lipinski definition) is 5. The van der Waals surface area contributed by atoms with Gasteiger partial charge in [-0.05, 0) is 6.42 Å². The van der Waals surface area contributed by atoms with Crippen LogP contribution in [0.5, 0.6) is 0 Å². The highest BCUT2D eigenvalue weighted by molar-refractivity contribution is 5.69. The van der Waals surface area contributed by atoms with Crippen molar-refractivity contribution in [3.8, 4) is 0 Å². The number of carbonyl (C=O) groups is 1. The summed E-state index contributed by atoms with van der Waals surface area (Å²) in [6.45, 7) is 4.14. The molecule has 0 aromatic rings. The first kappa shape index (κ1) is 19.4. The van der Waals surface area contributed by atoms with Crippen LogP contribution in [0.4, 0.5) is 0 Å². The van der Waals surface area contributed by atoms with E-state index >= 15 is 0 Å². The maximum absolute atomic E-state index is 11.4. The van der Waals surface area contributed by atoms with Gasteiger partial charge in [-0.15, -0.1) is 0 Å². The molecule has 120 valence electrons. The molecule has 0 fully saturated rings. The summed E-state index contributed by atoms with van der Waals surface area (Å²) in [6, 6.07) is 0. The van der Waals surface area contributed by atoms with E-state index in [1.807, 2.05) is 0 Å². The number of unbranched alkanes of at least 4 members (excludes halogenated alkanes) is 5. The average Bonchev–Trinajstić information content (AvgIpc) is 2.45. The van der Waals surface area contributed by atoms with Crippen LogP contribution in [0, 0.1) is 0 Å². The molecule has 0 heterocycles. The van der Waals surface area contributed by atoms with E-state index in [4.69, 9.17) is 19.3 Å². The van der Waals surface area contributed by atoms with Gasteiger partial charge in [-0.1, -0.05) is 39.0 Å².